The molecule has 0 spiro atoms. The van der Waals surface area contributed by atoms with Gasteiger partial charge in [0.05, 0.1) is 6.26 Å². The minimum absolute atomic E-state index is 0.203. The van der Waals surface area contributed by atoms with Crippen LogP contribution >= 0.6 is 0 Å². The van der Waals surface area contributed by atoms with E-state index in [9.17, 15) is 13.2 Å². The second-order valence-corrected chi connectivity index (χ2v) is 9.36. The monoisotopic (exact) mass is 418 g/mol. The van der Waals surface area contributed by atoms with Crippen LogP contribution in [0.2, 0.25) is 0 Å². The highest BCUT2D eigenvalue weighted by Crippen LogP contribution is 2.26. The Labute approximate surface area is 171 Å². The maximum Gasteiger partial charge on any atom is 0.290 e. The van der Waals surface area contributed by atoms with E-state index in [2.05, 4.69) is 4.90 Å². The van der Waals surface area contributed by atoms with Gasteiger partial charge in [0.15, 0.2) is 5.76 Å². The van der Waals surface area contributed by atoms with Gasteiger partial charge in [0.1, 0.15) is 0 Å². The molecule has 1 aromatic carbocycles. The Morgan fingerprint density at radius 2 is 1.45 bits per heavy atom. The first kappa shape index (κ1) is 20.1. The van der Waals surface area contributed by atoms with Crippen LogP contribution in [-0.4, -0.2) is 92.1 Å². The first-order valence-electron chi connectivity index (χ1n) is 9.83. The summed E-state index contributed by atoms with van der Waals surface area (Å²) in [6, 6.07) is 11.4. The summed E-state index contributed by atoms with van der Waals surface area (Å²) in [6.07, 6.45) is 1.52. The first-order chi connectivity index (χ1) is 14.0. The zero-order valence-corrected chi connectivity index (χ0v) is 17.3. The molecule has 0 saturated carbocycles. The molecule has 0 radical (unpaired) electrons. The van der Waals surface area contributed by atoms with Crippen molar-refractivity contribution < 1.29 is 17.6 Å². The zero-order chi connectivity index (χ0) is 20.4. The SMILES string of the molecule is CN1CCN(S(=O)(=O)N2CCN(C(=O)c3occc3-c3ccccc3)CC2)CC1. The molecule has 2 aromatic rings. The van der Waals surface area contributed by atoms with Crippen molar-refractivity contribution in [2.45, 2.75) is 0 Å². The summed E-state index contributed by atoms with van der Waals surface area (Å²) in [5.41, 5.74) is 1.67. The number of furan rings is 1. The standard InChI is InChI=1S/C20H26N4O4S/c1-21-8-12-23(13-9-21)29(26,27)24-14-10-22(11-15-24)20(25)19-18(7-16-28-19)17-5-3-2-4-6-17/h2-7,16H,8-15H2,1H3. The molecule has 0 aliphatic carbocycles. The van der Waals surface area contributed by atoms with Crippen molar-refractivity contribution in [2.75, 3.05) is 59.4 Å². The predicted octanol–water partition coefficient (Wildman–Crippen LogP) is 1.20. The molecule has 2 aliphatic rings. The van der Waals surface area contributed by atoms with Gasteiger partial charge in [-0.2, -0.15) is 17.0 Å². The molecule has 2 fully saturated rings. The summed E-state index contributed by atoms with van der Waals surface area (Å²) in [4.78, 5) is 16.8. The molecule has 156 valence electrons. The van der Waals surface area contributed by atoms with Crippen LogP contribution in [0, 0.1) is 0 Å². The van der Waals surface area contributed by atoms with Crippen molar-refractivity contribution in [3.63, 3.8) is 0 Å². The number of carbonyl (C=O) groups excluding carboxylic acids is 1. The molecular weight excluding hydrogens is 392 g/mol. The third-order valence-corrected chi connectivity index (χ3v) is 7.62. The van der Waals surface area contributed by atoms with Gasteiger partial charge in [-0.05, 0) is 18.7 Å². The maximum atomic E-state index is 13.0. The van der Waals surface area contributed by atoms with E-state index in [-0.39, 0.29) is 5.91 Å². The Balaban J connectivity index is 1.42. The predicted molar refractivity (Wildman–Crippen MR) is 110 cm³/mol. The number of benzene rings is 1. The van der Waals surface area contributed by atoms with E-state index in [1.807, 2.05) is 37.4 Å². The second-order valence-electron chi connectivity index (χ2n) is 7.43. The van der Waals surface area contributed by atoms with Crippen LogP contribution in [0.1, 0.15) is 10.6 Å². The molecule has 1 aromatic heterocycles. The van der Waals surface area contributed by atoms with Crippen molar-refractivity contribution in [2.24, 2.45) is 0 Å². The van der Waals surface area contributed by atoms with E-state index < -0.39 is 10.2 Å². The molecule has 4 rings (SSSR count). The average molecular weight is 419 g/mol. The Hall–Kier alpha value is -2.20. The Bertz CT molecular complexity index is 944. The number of carbonyl (C=O) groups is 1. The van der Waals surface area contributed by atoms with Crippen molar-refractivity contribution in [1.29, 1.82) is 0 Å². The maximum absolute atomic E-state index is 13.0. The molecule has 1 amide bonds. The van der Waals surface area contributed by atoms with E-state index in [1.54, 1.807) is 15.3 Å². The Kier molecular flexibility index (Phi) is 5.73. The van der Waals surface area contributed by atoms with Crippen LogP contribution in [-0.2, 0) is 10.2 Å². The van der Waals surface area contributed by atoms with Crippen LogP contribution in [0.15, 0.2) is 47.1 Å². The highest BCUT2D eigenvalue weighted by atomic mass is 32.2. The molecular formula is C20H26N4O4S. The van der Waals surface area contributed by atoms with E-state index in [1.165, 1.54) is 10.6 Å². The number of rotatable bonds is 4. The summed E-state index contributed by atoms with van der Waals surface area (Å²) >= 11 is 0. The van der Waals surface area contributed by atoms with Gasteiger partial charge in [0.25, 0.3) is 16.1 Å². The van der Waals surface area contributed by atoms with Crippen LogP contribution in [0.3, 0.4) is 0 Å². The summed E-state index contributed by atoms with van der Waals surface area (Å²) in [5, 5.41) is 0. The van der Waals surface area contributed by atoms with Gasteiger partial charge >= 0.3 is 0 Å². The number of likely N-dealkylation sites (N-methyl/N-ethyl adjacent to an activating group) is 1. The van der Waals surface area contributed by atoms with Gasteiger partial charge in [-0.25, -0.2) is 0 Å². The number of piperazine rings is 2. The lowest BCUT2D eigenvalue weighted by atomic mass is 10.1. The van der Waals surface area contributed by atoms with Crippen molar-refractivity contribution in [3.05, 3.63) is 48.4 Å². The van der Waals surface area contributed by atoms with Gasteiger partial charge in [0, 0.05) is 57.9 Å². The van der Waals surface area contributed by atoms with Crippen molar-refractivity contribution >= 4 is 16.1 Å². The molecule has 8 nitrogen and oxygen atoms in total. The van der Waals surface area contributed by atoms with Crippen LogP contribution in [0.4, 0.5) is 0 Å². The summed E-state index contributed by atoms with van der Waals surface area (Å²) in [6.45, 7) is 3.76. The average Bonchev–Trinajstić information content (AvgIpc) is 3.24. The minimum atomic E-state index is -3.48. The molecule has 0 bridgehead atoms. The lowest BCUT2D eigenvalue weighted by Crippen LogP contribution is -2.57. The fraction of sp³-hybridized carbons (Fsp3) is 0.450. The van der Waals surface area contributed by atoms with E-state index in [0.717, 1.165) is 24.2 Å². The van der Waals surface area contributed by atoms with E-state index in [0.29, 0.717) is 45.0 Å². The Morgan fingerprint density at radius 1 is 0.862 bits per heavy atom. The molecule has 0 N–H and O–H groups in total. The number of nitrogens with zero attached hydrogens (tertiary/aromatic N) is 4. The van der Waals surface area contributed by atoms with Crippen molar-refractivity contribution in [3.8, 4) is 11.1 Å². The Morgan fingerprint density at radius 3 is 2.07 bits per heavy atom. The van der Waals surface area contributed by atoms with Gasteiger partial charge < -0.3 is 14.2 Å². The molecule has 0 unspecified atom stereocenters. The smallest absolute Gasteiger partial charge is 0.290 e. The quantitative estimate of drug-likeness (QED) is 0.746. The van der Waals surface area contributed by atoms with Gasteiger partial charge in [-0.1, -0.05) is 30.3 Å². The van der Waals surface area contributed by atoms with Gasteiger partial charge in [-0.15, -0.1) is 0 Å². The topological polar surface area (TPSA) is 77.3 Å². The van der Waals surface area contributed by atoms with E-state index >= 15 is 0 Å². The lowest BCUT2D eigenvalue weighted by molar-refractivity contribution is 0.0661. The van der Waals surface area contributed by atoms with Crippen LogP contribution in [0.25, 0.3) is 11.1 Å². The number of amides is 1. The fourth-order valence-corrected chi connectivity index (χ4v) is 5.34. The first-order valence-corrected chi connectivity index (χ1v) is 11.2. The zero-order valence-electron chi connectivity index (χ0n) is 16.5. The third kappa shape index (κ3) is 4.09. The fourth-order valence-electron chi connectivity index (χ4n) is 3.77. The second kappa shape index (κ2) is 8.27. The summed E-state index contributed by atoms with van der Waals surface area (Å²) in [7, 11) is -1.49. The molecule has 9 heteroatoms. The normalized spacial score (nSPS) is 20.1. The van der Waals surface area contributed by atoms with Gasteiger partial charge in [0.2, 0.25) is 0 Å². The summed E-state index contributed by atoms with van der Waals surface area (Å²) < 4.78 is 34.3. The lowest BCUT2D eigenvalue weighted by Gasteiger charge is -2.38. The van der Waals surface area contributed by atoms with E-state index in [4.69, 9.17) is 4.42 Å². The minimum Gasteiger partial charge on any atom is -0.459 e. The molecule has 0 atom stereocenters. The van der Waals surface area contributed by atoms with Gasteiger partial charge in [-0.3, -0.25) is 4.79 Å². The largest absolute Gasteiger partial charge is 0.459 e. The molecule has 29 heavy (non-hydrogen) atoms. The van der Waals surface area contributed by atoms with Crippen LogP contribution in [0.5, 0.6) is 0 Å². The third-order valence-electron chi connectivity index (χ3n) is 5.58. The molecule has 2 aliphatic heterocycles. The highest BCUT2D eigenvalue weighted by molar-refractivity contribution is 7.86. The van der Waals surface area contributed by atoms with Crippen LogP contribution < -0.4 is 0 Å². The number of hydrogen-bond donors (Lipinski definition) is 0. The highest BCUT2D eigenvalue weighted by Gasteiger charge is 2.35. The molecule has 2 saturated heterocycles. The summed E-state index contributed by atoms with van der Waals surface area (Å²) in [5.74, 6) is 0.0945. The number of hydrogen-bond acceptors (Lipinski definition) is 5. The molecule has 3 heterocycles. The van der Waals surface area contributed by atoms with Crippen molar-refractivity contribution in [1.82, 2.24) is 18.4 Å².